The molecule has 1 aromatic carbocycles. The number of ether oxygens (including phenoxy) is 1. The number of sulfonamides is 1. The molecule has 0 fully saturated rings. The van der Waals surface area contributed by atoms with Gasteiger partial charge in [-0.1, -0.05) is 18.2 Å². The van der Waals surface area contributed by atoms with Crippen molar-refractivity contribution in [3.05, 3.63) is 29.8 Å². The van der Waals surface area contributed by atoms with Crippen molar-refractivity contribution in [2.75, 3.05) is 26.0 Å². The van der Waals surface area contributed by atoms with Gasteiger partial charge < -0.3 is 9.84 Å². The molecule has 0 bridgehead atoms. The summed E-state index contributed by atoms with van der Waals surface area (Å²) >= 11 is 0. The Kier molecular flexibility index (Phi) is 6.83. The first-order valence-electron chi connectivity index (χ1n) is 6.29. The summed E-state index contributed by atoms with van der Waals surface area (Å²) in [6, 6.07) is 7.54. The lowest BCUT2D eigenvalue weighted by atomic mass is 10.1. The number of hydrogen-bond donors (Lipinski definition) is 2. The van der Waals surface area contributed by atoms with Crippen LogP contribution in [-0.2, 0) is 16.4 Å². The Labute approximate surface area is 114 Å². The van der Waals surface area contributed by atoms with Crippen LogP contribution in [-0.4, -0.2) is 39.5 Å². The van der Waals surface area contributed by atoms with E-state index in [-0.39, 0.29) is 12.4 Å². The highest BCUT2D eigenvalue weighted by Crippen LogP contribution is 2.17. The van der Waals surface area contributed by atoms with E-state index in [1.807, 2.05) is 24.3 Å². The predicted octanol–water partition coefficient (Wildman–Crippen LogP) is 0.930. The van der Waals surface area contributed by atoms with E-state index in [2.05, 4.69) is 4.72 Å². The fraction of sp³-hybridized carbons (Fsp3) is 0.538. The molecule has 2 N–H and O–H groups in total. The van der Waals surface area contributed by atoms with E-state index in [4.69, 9.17) is 9.84 Å². The van der Waals surface area contributed by atoms with Crippen LogP contribution in [0.2, 0.25) is 0 Å². The lowest BCUT2D eigenvalue weighted by Crippen LogP contribution is -2.28. The smallest absolute Gasteiger partial charge is 0.211 e. The van der Waals surface area contributed by atoms with Gasteiger partial charge in [-0.2, -0.15) is 0 Å². The van der Waals surface area contributed by atoms with Gasteiger partial charge in [-0.25, -0.2) is 13.1 Å². The van der Waals surface area contributed by atoms with Crippen LogP contribution in [0.25, 0.3) is 0 Å². The van der Waals surface area contributed by atoms with Gasteiger partial charge in [0.1, 0.15) is 5.75 Å². The van der Waals surface area contributed by atoms with Crippen molar-refractivity contribution in [3.8, 4) is 5.75 Å². The Morgan fingerprint density at radius 3 is 2.68 bits per heavy atom. The molecule has 0 saturated carbocycles. The van der Waals surface area contributed by atoms with Gasteiger partial charge in [0.2, 0.25) is 10.0 Å². The zero-order chi connectivity index (χ0) is 14.1. The zero-order valence-corrected chi connectivity index (χ0v) is 11.9. The van der Waals surface area contributed by atoms with Crippen LogP contribution in [0.4, 0.5) is 0 Å². The molecule has 108 valence electrons. The number of nitrogens with one attached hydrogen (secondary N) is 1. The van der Waals surface area contributed by atoms with Gasteiger partial charge in [0.15, 0.2) is 0 Å². The Bertz CT molecular complexity index is 473. The molecule has 0 heterocycles. The molecule has 1 aromatic rings. The van der Waals surface area contributed by atoms with E-state index in [0.717, 1.165) is 11.3 Å². The molecule has 0 unspecified atom stereocenters. The highest BCUT2D eigenvalue weighted by Gasteiger charge is 2.09. The summed E-state index contributed by atoms with van der Waals surface area (Å²) in [5.74, 6) is 0.821. The molecule has 19 heavy (non-hydrogen) atoms. The highest BCUT2D eigenvalue weighted by molar-refractivity contribution is 7.89. The first-order chi connectivity index (χ1) is 9.09. The summed E-state index contributed by atoms with van der Waals surface area (Å²) in [5.41, 5.74) is 0.975. The molecule has 0 saturated heterocycles. The Hall–Kier alpha value is -1.11. The number of rotatable bonds is 9. The van der Waals surface area contributed by atoms with Gasteiger partial charge >= 0.3 is 0 Å². The van der Waals surface area contributed by atoms with E-state index in [9.17, 15) is 8.42 Å². The number of hydrogen-bond acceptors (Lipinski definition) is 4. The van der Waals surface area contributed by atoms with Gasteiger partial charge in [-0.15, -0.1) is 0 Å². The topological polar surface area (TPSA) is 75.6 Å². The van der Waals surface area contributed by atoms with Crippen LogP contribution in [0.5, 0.6) is 5.75 Å². The van der Waals surface area contributed by atoms with Crippen LogP contribution in [0.3, 0.4) is 0 Å². The normalized spacial score (nSPS) is 11.5. The maximum atomic E-state index is 11.6. The third kappa shape index (κ3) is 6.04. The SMILES string of the molecule is COc1ccccc1CCNS(=O)(=O)CCCCO. The molecule has 0 amide bonds. The van der Waals surface area contributed by atoms with Gasteiger partial charge in [0.25, 0.3) is 0 Å². The number of benzene rings is 1. The van der Waals surface area contributed by atoms with E-state index in [1.165, 1.54) is 0 Å². The van der Waals surface area contributed by atoms with Crippen molar-refractivity contribution in [2.24, 2.45) is 0 Å². The van der Waals surface area contributed by atoms with Crippen molar-refractivity contribution >= 4 is 10.0 Å². The van der Waals surface area contributed by atoms with Gasteiger partial charge in [0.05, 0.1) is 12.9 Å². The third-order valence-electron chi connectivity index (χ3n) is 2.73. The van der Waals surface area contributed by atoms with Crippen LogP contribution in [0, 0.1) is 0 Å². The minimum atomic E-state index is -3.25. The summed E-state index contributed by atoms with van der Waals surface area (Å²) in [5, 5.41) is 8.62. The second-order valence-corrected chi connectivity index (χ2v) is 6.13. The number of unbranched alkanes of at least 4 members (excludes halogenated alkanes) is 1. The molecule has 0 aliphatic heterocycles. The quantitative estimate of drug-likeness (QED) is 0.663. The lowest BCUT2D eigenvalue weighted by Gasteiger charge is -2.09. The number of aliphatic hydroxyl groups excluding tert-OH is 1. The molecule has 6 heteroatoms. The molecular formula is C13H21NO4S. The van der Waals surface area contributed by atoms with Crippen molar-refractivity contribution in [2.45, 2.75) is 19.3 Å². The molecule has 0 spiro atoms. The fourth-order valence-corrected chi connectivity index (χ4v) is 2.87. The monoisotopic (exact) mass is 287 g/mol. The largest absolute Gasteiger partial charge is 0.496 e. The standard InChI is InChI=1S/C13H21NO4S/c1-18-13-7-3-2-6-12(13)8-9-14-19(16,17)11-5-4-10-15/h2-3,6-7,14-15H,4-5,8-11H2,1H3. The van der Waals surface area contributed by atoms with Crippen LogP contribution in [0.1, 0.15) is 18.4 Å². The minimum absolute atomic E-state index is 0.0245. The third-order valence-corrected chi connectivity index (χ3v) is 4.20. The second kappa shape index (κ2) is 8.14. The molecule has 0 radical (unpaired) electrons. The number of aliphatic hydroxyl groups is 1. The molecule has 0 atom stereocenters. The molecular weight excluding hydrogens is 266 g/mol. The van der Waals surface area contributed by atoms with E-state index >= 15 is 0 Å². The zero-order valence-electron chi connectivity index (χ0n) is 11.1. The Balaban J connectivity index is 2.41. The Morgan fingerprint density at radius 1 is 1.26 bits per heavy atom. The van der Waals surface area contributed by atoms with E-state index in [1.54, 1.807) is 7.11 Å². The van der Waals surface area contributed by atoms with Gasteiger partial charge in [-0.05, 0) is 30.9 Å². The molecule has 0 aromatic heterocycles. The first-order valence-corrected chi connectivity index (χ1v) is 7.94. The summed E-state index contributed by atoms with van der Waals surface area (Å²) < 4.78 is 31.0. The summed E-state index contributed by atoms with van der Waals surface area (Å²) in [6.45, 7) is 0.374. The molecule has 1 rings (SSSR count). The highest BCUT2D eigenvalue weighted by atomic mass is 32.2. The average Bonchev–Trinajstić information content (AvgIpc) is 2.39. The van der Waals surface area contributed by atoms with Crippen LogP contribution >= 0.6 is 0 Å². The second-order valence-electron chi connectivity index (χ2n) is 4.21. The minimum Gasteiger partial charge on any atom is -0.496 e. The molecule has 0 aliphatic carbocycles. The summed E-state index contributed by atoms with van der Waals surface area (Å²) in [4.78, 5) is 0. The average molecular weight is 287 g/mol. The van der Waals surface area contributed by atoms with Gasteiger partial charge in [-0.3, -0.25) is 0 Å². The predicted molar refractivity (Wildman–Crippen MR) is 74.8 cm³/mol. The van der Waals surface area contributed by atoms with Crippen molar-refractivity contribution < 1.29 is 18.3 Å². The van der Waals surface area contributed by atoms with Crippen LogP contribution < -0.4 is 9.46 Å². The van der Waals surface area contributed by atoms with E-state index < -0.39 is 10.0 Å². The van der Waals surface area contributed by atoms with Crippen molar-refractivity contribution in [3.63, 3.8) is 0 Å². The summed E-state index contributed by atoms with van der Waals surface area (Å²) in [7, 11) is -1.65. The number of para-hydroxylation sites is 1. The first kappa shape index (κ1) is 15.9. The maximum absolute atomic E-state index is 11.6. The summed E-state index contributed by atoms with van der Waals surface area (Å²) in [6.07, 6.45) is 1.57. The van der Waals surface area contributed by atoms with E-state index in [0.29, 0.717) is 25.8 Å². The number of methoxy groups -OCH3 is 1. The van der Waals surface area contributed by atoms with Gasteiger partial charge in [0, 0.05) is 13.2 Å². The Morgan fingerprint density at radius 2 is 2.00 bits per heavy atom. The van der Waals surface area contributed by atoms with Crippen LogP contribution in [0.15, 0.2) is 24.3 Å². The lowest BCUT2D eigenvalue weighted by molar-refractivity contribution is 0.287. The molecule has 5 nitrogen and oxygen atoms in total. The van der Waals surface area contributed by atoms with Crippen molar-refractivity contribution in [1.29, 1.82) is 0 Å². The van der Waals surface area contributed by atoms with Crippen molar-refractivity contribution in [1.82, 2.24) is 4.72 Å². The fourth-order valence-electron chi connectivity index (χ4n) is 1.73. The molecule has 0 aliphatic rings. The maximum Gasteiger partial charge on any atom is 0.211 e.